The highest BCUT2D eigenvalue weighted by molar-refractivity contribution is 5.97. The van der Waals surface area contributed by atoms with Crippen molar-refractivity contribution in [1.29, 1.82) is 0 Å². The van der Waals surface area contributed by atoms with Gasteiger partial charge in [0.15, 0.2) is 0 Å². The molecule has 1 aliphatic heterocycles. The number of amides is 1. The van der Waals surface area contributed by atoms with Crippen molar-refractivity contribution in [2.24, 2.45) is 12.8 Å². The lowest BCUT2D eigenvalue weighted by Gasteiger charge is -2.24. The van der Waals surface area contributed by atoms with Crippen LogP contribution in [0, 0.1) is 11.6 Å². The minimum Gasteiger partial charge on any atom is -0.364 e. The molecule has 26 heavy (non-hydrogen) atoms. The summed E-state index contributed by atoms with van der Waals surface area (Å²) in [6.45, 7) is 0.495. The van der Waals surface area contributed by atoms with E-state index in [9.17, 15) is 13.6 Å². The summed E-state index contributed by atoms with van der Waals surface area (Å²) in [7, 11) is 1.73. The first-order valence-electron chi connectivity index (χ1n) is 8.12. The number of primary amides is 1. The van der Waals surface area contributed by atoms with E-state index < -0.39 is 11.7 Å². The second-order valence-electron chi connectivity index (χ2n) is 6.25. The van der Waals surface area contributed by atoms with Crippen LogP contribution < -0.4 is 10.6 Å². The third-order valence-electron chi connectivity index (χ3n) is 4.62. The van der Waals surface area contributed by atoms with Gasteiger partial charge in [-0.1, -0.05) is 0 Å². The number of anilines is 2. The average Bonchev–Trinajstić information content (AvgIpc) is 2.86. The molecular weight excluding hydrogens is 338 g/mol. The number of hydrogen-bond donors (Lipinski definition) is 1. The molecule has 1 aromatic carbocycles. The van der Waals surface area contributed by atoms with Crippen LogP contribution in [0.4, 0.5) is 20.3 Å². The molecule has 2 aromatic heterocycles. The van der Waals surface area contributed by atoms with Gasteiger partial charge in [-0.2, -0.15) is 0 Å². The second-order valence-corrected chi connectivity index (χ2v) is 6.25. The number of benzene rings is 1. The molecule has 0 aliphatic carbocycles. The summed E-state index contributed by atoms with van der Waals surface area (Å²) < 4.78 is 28.9. The molecule has 2 N–H and O–H groups in total. The molecule has 0 radical (unpaired) electrons. The molecule has 3 heterocycles. The molecule has 0 unspecified atom stereocenters. The van der Waals surface area contributed by atoms with Gasteiger partial charge in [-0.25, -0.2) is 13.8 Å². The van der Waals surface area contributed by atoms with E-state index in [1.807, 2.05) is 4.90 Å². The Hall–Kier alpha value is -3.22. The van der Waals surface area contributed by atoms with Crippen LogP contribution in [0.3, 0.4) is 0 Å². The number of carbonyl (C=O) groups is 1. The first-order valence-corrected chi connectivity index (χ1v) is 8.12. The normalized spacial score (nSPS) is 13.1. The molecule has 132 valence electrons. The van der Waals surface area contributed by atoms with Crippen molar-refractivity contribution in [2.75, 3.05) is 11.4 Å². The molecule has 0 saturated heterocycles. The number of nitrogens with two attached hydrogens (primary N) is 1. The SMILES string of the molecule is Cn1cc2c(c1C(N)=O)CCN(c1ccc(F)cc1)c1ncc(F)cc1-2. The highest BCUT2D eigenvalue weighted by Gasteiger charge is 2.28. The molecule has 0 fully saturated rings. The van der Waals surface area contributed by atoms with Crippen molar-refractivity contribution >= 4 is 17.4 Å². The monoisotopic (exact) mass is 354 g/mol. The van der Waals surface area contributed by atoms with E-state index in [1.165, 1.54) is 18.2 Å². The van der Waals surface area contributed by atoms with Gasteiger partial charge in [-0.3, -0.25) is 4.79 Å². The first-order chi connectivity index (χ1) is 12.5. The van der Waals surface area contributed by atoms with E-state index in [4.69, 9.17) is 5.73 Å². The van der Waals surface area contributed by atoms with Gasteiger partial charge >= 0.3 is 0 Å². The van der Waals surface area contributed by atoms with Crippen molar-refractivity contribution in [3.8, 4) is 11.1 Å². The van der Waals surface area contributed by atoms with Crippen molar-refractivity contribution in [1.82, 2.24) is 9.55 Å². The number of rotatable bonds is 2. The Bertz CT molecular complexity index is 1010. The number of carbonyl (C=O) groups excluding carboxylic acids is 1. The van der Waals surface area contributed by atoms with E-state index >= 15 is 0 Å². The van der Waals surface area contributed by atoms with Crippen LogP contribution in [0.1, 0.15) is 16.1 Å². The Kier molecular flexibility index (Phi) is 3.72. The maximum atomic E-state index is 13.9. The topological polar surface area (TPSA) is 64.2 Å². The molecule has 7 heteroatoms. The fraction of sp³-hybridized carbons (Fsp3) is 0.158. The molecule has 1 aliphatic rings. The molecule has 0 saturated carbocycles. The maximum Gasteiger partial charge on any atom is 0.265 e. The first kappa shape index (κ1) is 16.3. The predicted molar refractivity (Wildman–Crippen MR) is 94.2 cm³/mol. The van der Waals surface area contributed by atoms with Crippen molar-refractivity contribution in [2.45, 2.75) is 6.42 Å². The van der Waals surface area contributed by atoms with Crippen LogP contribution in [-0.2, 0) is 13.5 Å². The molecule has 0 spiro atoms. The van der Waals surface area contributed by atoms with E-state index in [2.05, 4.69) is 4.98 Å². The summed E-state index contributed by atoms with van der Waals surface area (Å²) >= 11 is 0. The van der Waals surface area contributed by atoms with Crippen LogP contribution >= 0.6 is 0 Å². The Balaban J connectivity index is 1.94. The zero-order valence-corrected chi connectivity index (χ0v) is 14.0. The second kappa shape index (κ2) is 5.94. The summed E-state index contributed by atoms with van der Waals surface area (Å²) in [5.41, 5.74) is 8.74. The van der Waals surface area contributed by atoms with Gasteiger partial charge in [-0.05, 0) is 42.3 Å². The van der Waals surface area contributed by atoms with Gasteiger partial charge in [0, 0.05) is 36.6 Å². The van der Waals surface area contributed by atoms with Gasteiger partial charge < -0.3 is 15.2 Å². The Morgan fingerprint density at radius 2 is 1.88 bits per heavy atom. The van der Waals surface area contributed by atoms with Crippen LogP contribution in [0.25, 0.3) is 11.1 Å². The maximum absolute atomic E-state index is 13.9. The molecule has 0 bridgehead atoms. The number of hydrogen-bond acceptors (Lipinski definition) is 3. The van der Waals surface area contributed by atoms with Gasteiger partial charge in [0.2, 0.25) is 0 Å². The Labute approximate surface area is 148 Å². The highest BCUT2D eigenvalue weighted by atomic mass is 19.1. The van der Waals surface area contributed by atoms with Crippen LogP contribution in [0.15, 0.2) is 42.7 Å². The lowest BCUT2D eigenvalue weighted by Crippen LogP contribution is -2.22. The van der Waals surface area contributed by atoms with Crippen molar-refractivity contribution in [3.05, 3.63) is 65.6 Å². The third kappa shape index (κ3) is 2.52. The number of nitrogens with zero attached hydrogens (tertiary/aromatic N) is 3. The molecule has 4 rings (SSSR count). The van der Waals surface area contributed by atoms with Gasteiger partial charge in [0.1, 0.15) is 23.1 Å². The van der Waals surface area contributed by atoms with Crippen LogP contribution in [0.5, 0.6) is 0 Å². The average molecular weight is 354 g/mol. The van der Waals surface area contributed by atoms with Crippen molar-refractivity contribution < 1.29 is 13.6 Å². The minimum absolute atomic E-state index is 0.337. The van der Waals surface area contributed by atoms with Gasteiger partial charge in [0.25, 0.3) is 5.91 Å². The van der Waals surface area contributed by atoms with Crippen molar-refractivity contribution in [3.63, 3.8) is 0 Å². The van der Waals surface area contributed by atoms with E-state index in [-0.39, 0.29) is 5.82 Å². The van der Waals surface area contributed by atoms with Crippen LogP contribution in [0.2, 0.25) is 0 Å². The summed E-state index contributed by atoms with van der Waals surface area (Å²) in [5.74, 6) is -0.788. The Morgan fingerprint density at radius 3 is 2.58 bits per heavy atom. The molecular formula is C19H16F2N4O. The lowest BCUT2D eigenvalue weighted by atomic mass is 10.0. The number of aryl methyl sites for hydroxylation is 1. The van der Waals surface area contributed by atoms with Gasteiger partial charge in [0.05, 0.1) is 6.20 Å². The van der Waals surface area contributed by atoms with E-state index in [1.54, 1.807) is 29.9 Å². The quantitative estimate of drug-likeness (QED) is 0.769. The fourth-order valence-corrected chi connectivity index (χ4v) is 3.53. The molecule has 3 aromatic rings. The summed E-state index contributed by atoms with van der Waals surface area (Å²) in [4.78, 5) is 18.1. The molecule has 5 nitrogen and oxygen atoms in total. The predicted octanol–water partition coefficient (Wildman–Crippen LogP) is 3.16. The lowest BCUT2D eigenvalue weighted by molar-refractivity contribution is 0.0991. The zero-order chi connectivity index (χ0) is 18.4. The van der Waals surface area contributed by atoms with Crippen LogP contribution in [-0.4, -0.2) is 22.0 Å². The standard InChI is InChI=1S/C19H16F2N4O/c1-24-10-16-14(17(24)18(22)26)6-7-25(13-4-2-11(20)3-5-13)19-15(16)8-12(21)9-23-19/h2-5,8-10H,6-7H2,1H3,(H2,22,26). The third-order valence-corrected chi connectivity index (χ3v) is 4.62. The summed E-state index contributed by atoms with van der Waals surface area (Å²) in [5, 5.41) is 0. The summed E-state index contributed by atoms with van der Waals surface area (Å²) in [6, 6.07) is 7.43. The van der Waals surface area contributed by atoms with E-state index in [0.717, 1.165) is 23.0 Å². The largest absolute Gasteiger partial charge is 0.364 e. The summed E-state index contributed by atoms with van der Waals surface area (Å²) in [6.07, 6.45) is 3.44. The minimum atomic E-state index is -0.533. The molecule has 0 atom stereocenters. The zero-order valence-electron chi connectivity index (χ0n) is 14.0. The smallest absolute Gasteiger partial charge is 0.265 e. The number of aromatic nitrogens is 2. The molecule has 1 amide bonds. The Morgan fingerprint density at radius 1 is 1.15 bits per heavy atom. The fourth-order valence-electron chi connectivity index (χ4n) is 3.53. The highest BCUT2D eigenvalue weighted by Crippen LogP contribution is 2.40. The number of pyridine rings is 1. The number of fused-ring (bicyclic) bond motifs is 3. The van der Waals surface area contributed by atoms with Gasteiger partial charge in [-0.15, -0.1) is 0 Å². The number of halogens is 2. The van der Waals surface area contributed by atoms with E-state index in [0.29, 0.717) is 30.0 Å².